The van der Waals surface area contributed by atoms with Gasteiger partial charge in [-0.15, -0.1) is 0 Å². The quantitative estimate of drug-likeness (QED) is 0.488. The number of hydrogen-bond acceptors (Lipinski definition) is 2. The molecule has 0 saturated carbocycles. The number of halogens is 3. The molecular formula is C14H9F3N4O. The number of nitrogens with one attached hydrogen (secondary N) is 1. The number of hydrogen-bond donors (Lipinski definition) is 1. The number of carbonyl (C=O) groups is 1. The lowest BCUT2D eigenvalue weighted by Gasteiger charge is -2.09. The Balaban J connectivity index is 2.21. The van der Waals surface area contributed by atoms with E-state index in [2.05, 4.69) is 15.3 Å². The van der Waals surface area contributed by atoms with Gasteiger partial charge in [0.25, 0.3) is 5.91 Å². The Kier molecular flexibility index (Phi) is 4.33. The maximum absolute atomic E-state index is 12.5. The lowest BCUT2D eigenvalue weighted by Crippen LogP contribution is -2.13. The highest BCUT2D eigenvalue weighted by Crippen LogP contribution is 2.29. The Morgan fingerprint density at radius 3 is 2.32 bits per heavy atom. The minimum Gasteiger partial charge on any atom is -0.322 e. The van der Waals surface area contributed by atoms with Gasteiger partial charge in [-0.1, -0.05) is 23.3 Å². The van der Waals surface area contributed by atoms with Gasteiger partial charge >= 0.3 is 6.18 Å². The summed E-state index contributed by atoms with van der Waals surface area (Å²) >= 11 is 0. The highest BCUT2D eigenvalue weighted by atomic mass is 19.4. The van der Waals surface area contributed by atoms with Crippen LogP contribution in [0.5, 0.6) is 0 Å². The van der Waals surface area contributed by atoms with E-state index in [1.165, 1.54) is 12.1 Å². The van der Waals surface area contributed by atoms with Crippen molar-refractivity contribution in [1.29, 1.82) is 0 Å². The summed E-state index contributed by atoms with van der Waals surface area (Å²) in [6.07, 6.45) is -4.46. The van der Waals surface area contributed by atoms with Crippen molar-refractivity contribution in [3.8, 4) is 0 Å². The van der Waals surface area contributed by atoms with Crippen LogP contribution in [0.2, 0.25) is 0 Å². The maximum atomic E-state index is 12.5. The van der Waals surface area contributed by atoms with Crippen LogP contribution < -0.4 is 5.32 Å². The molecule has 0 heterocycles. The Hall–Kier alpha value is -2.99. The third-order valence-corrected chi connectivity index (χ3v) is 2.78. The molecule has 2 aromatic rings. The molecule has 22 heavy (non-hydrogen) atoms. The van der Waals surface area contributed by atoms with Crippen molar-refractivity contribution in [2.45, 2.75) is 6.18 Å². The second kappa shape index (κ2) is 6.19. The zero-order chi connectivity index (χ0) is 16.2. The lowest BCUT2D eigenvalue weighted by atomic mass is 10.1. The molecule has 0 aliphatic rings. The summed E-state index contributed by atoms with van der Waals surface area (Å²) in [6, 6.07) is 10.1. The van der Waals surface area contributed by atoms with Crippen molar-refractivity contribution in [2.75, 3.05) is 5.32 Å². The van der Waals surface area contributed by atoms with Crippen LogP contribution in [0, 0.1) is 0 Å². The largest absolute Gasteiger partial charge is 0.416 e. The second-order valence-electron chi connectivity index (χ2n) is 4.24. The highest BCUT2D eigenvalue weighted by molar-refractivity contribution is 6.05. The van der Waals surface area contributed by atoms with E-state index in [-0.39, 0.29) is 16.9 Å². The van der Waals surface area contributed by atoms with Crippen molar-refractivity contribution in [1.82, 2.24) is 0 Å². The predicted molar refractivity (Wildman–Crippen MR) is 74.6 cm³/mol. The summed E-state index contributed by atoms with van der Waals surface area (Å²) in [4.78, 5) is 14.6. The smallest absolute Gasteiger partial charge is 0.322 e. The van der Waals surface area contributed by atoms with Crippen LogP contribution in [0.15, 0.2) is 53.6 Å². The molecule has 1 amide bonds. The molecule has 1 N–H and O–H groups in total. The fraction of sp³-hybridized carbons (Fsp3) is 0.0714. The number of azide groups is 1. The van der Waals surface area contributed by atoms with Gasteiger partial charge in [-0.3, -0.25) is 4.79 Å². The van der Waals surface area contributed by atoms with Gasteiger partial charge < -0.3 is 5.32 Å². The first-order valence-corrected chi connectivity index (χ1v) is 6.04. The number of benzene rings is 2. The Morgan fingerprint density at radius 2 is 1.73 bits per heavy atom. The van der Waals surface area contributed by atoms with E-state index in [0.29, 0.717) is 0 Å². The first-order valence-electron chi connectivity index (χ1n) is 6.04. The number of carbonyl (C=O) groups excluding carboxylic acids is 1. The number of amides is 1. The van der Waals surface area contributed by atoms with E-state index in [1.807, 2.05) is 0 Å². The Bertz CT molecular complexity index is 734. The van der Waals surface area contributed by atoms with Crippen molar-refractivity contribution in [3.05, 3.63) is 70.1 Å². The number of anilines is 1. The van der Waals surface area contributed by atoms with Crippen LogP contribution in [0.3, 0.4) is 0 Å². The van der Waals surface area contributed by atoms with E-state index in [1.54, 1.807) is 12.1 Å². The van der Waals surface area contributed by atoms with Crippen molar-refractivity contribution >= 4 is 17.3 Å². The molecule has 8 heteroatoms. The third kappa shape index (κ3) is 3.56. The monoisotopic (exact) mass is 306 g/mol. The van der Waals surface area contributed by atoms with Crippen molar-refractivity contribution in [2.24, 2.45) is 5.11 Å². The summed E-state index contributed by atoms with van der Waals surface area (Å²) < 4.78 is 37.4. The van der Waals surface area contributed by atoms with E-state index in [9.17, 15) is 18.0 Å². The van der Waals surface area contributed by atoms with E-state index >= 15 is 0 Å². The molecule has 0 fully saturated rings. The fourth-order valence-corrected chi connectivity index (χ4v) is 1.72. The predicted octanol–water partition coefficient (Wildman–Crippen LogP) is 4.90. The van der Waals surface area contributed by atoms with Crippen molar-refractivity contribution < 1.29 is 18.0 Å². The molecule has 0 atom stereocenters. The van der Waals surface area contributed by atoms with Gasteiger partial charge in [0.1, 0.15) is 0 Å². The Morgan fingerprint density at radius 1 is 1.09 bits per heavy atom. The molecule has 0 radical (unpaired) electrons. The molecule has 112 valence electrons. The van der Waals surface area contributed by atoms with Gasteiger partial charge in [-0.2, -0.15) is 13.2 Å². The molecule has 2 rings (SSSR count). The summed E-state index contributed by atoms with van der Waals surface area (Å²) in [7, 11) is 0. The summed E-state index contributed by atoms with van der Waals surface area (Å²) in [5.41, 5.74) is 8.15. The van der Waals surface area contributed by atoms with Crippen molar-refractivity contribution in [3.63, 3.8) is 0 Å². The van der Waals surface area contributed by atoms with E-state index in [4.69, 9.17) is 5.53 Å². The van der Waals surface area contributed by atoms with E-state index in [0.717, 1.165) is 24.3 Å². The normalized spacial score (nSPS) is 10.7. The molecule has 0 spiro atoms. The van der Waals surface area contributed by atoms with Crippen LogP contribution in [0.4, 0.5) is 24.5 Å². The summed E-state index contributed by atoms with van der Waals surface area (Å²) in [5, 5.41) is 5.90. The fourth-order valence-electron chi connectivity index (χ4n) is 1.72. The minimum atomic E-state index is -4.46. The average molecular weight is 306 g/mol. The molecule has 0 aromatic heterocycles. The van der Waals surface area contributed by atoms with Gasteiger partial charge in [-0.25, -0.2) is 0 Å². The maximum Gasteiger partial charge on any atom is 0.416 e. The van der Waals surface area contributed by atoms with Gasteiger partial charge in [0.15, 0.2) is 0 Å². The molecule has 0 saturated heterocycles. The molecule has 0 bridgehead atoms. The highest BCUT2D eigenvalue weighted by Gasteiger charge is 2.30. The first-order chi connectivity index (χ1) is 10.4. The van der Waals surface area contributed by atoms with Crippen LogP contribution in [0.1, 0.15) is 15.9 Å². The average Bonchev–Trinajstić information content (AvgIpc) is 2.49. The first kappa shape index (κ1) is 15.4. The second-order valence-corrected chi connectivity index (χ2v) is 4.24. The zero-order valence-corrected chi connectivity index (χ0v) is 11.0. The molecular weight excluding hydrogens is 297 g/mol. The summed E-state index contributed by atoms with van der Waals surface area (Å²) in [6.45, 7) is 0. The van der Waals surface area contributed by atoms with Crippen LogP contribution in [-0.2, 0) is 6.18 Å². The number of alkyl halides is 3. The van der Waals surface area contributed by atoms with Crippen LogP contribution in [-0.4, -0.2) is 5.91 Å². The SMILES string of the molecule is [N-]=[N+]=Nc1ccccc1NC(=O)c1ccc(C(F)(F)F)cc1. The van der Waals surface area contributed by atoms with Gasteiger partial charge in [0.05, 0.1) is 16.9 Å². The third-order valence-electron chi connectivity index (χ3n) is 2.78. The zero-order valence-electron chi connectivity index (χ0n) is 11.0. The molecule has 0 unspecified atom stereocenters. The molecule has 5 nitrogen and oxygen atoms in total. The number of rotatable bonds is 3. The Labute approximate surface area is 123 Å². The van der Waals surface area contributed by atoms with E-state index < -0.39 is 17.6 Å². The topological polar surface area (TPSA) is 77.9 Å². The molecule has 0 aliphatic carbocycles. The minimum absolute atomic E-state index is 0.0590. The van der Waals surface area contributed by atoms with Gasteiger partial charge in [0, 0.05) is 10.5 Å². The van der Waals surface area contributed by atoms with Gasteiger partial charge in [0.2, 0.25) is 0 Å². The van der Waals surface area contributed by atoms with Crippen LogP contribution in [0.25, 0.3) is 10.4 Å². The number of nitrogens with zero attached hydrogens (tertiary/aromatic N) is 3. The van der Waals surface area contributed by atoms with Gasteiger partial charge in [-0.05, 0) is 35.9 Å². The molecule has 2 aromatic carbocycles. The summed E-state index contributed by atoms with van der Waals surface area (Å²) in [5.74, 6) is -0.602. The lowest BCUT2D eigenvalue weighted by molar-refractivity contribution is -0.137. The standard InChI is InChI=1S/C14H9F3N4O/c15-14(16,17)10-7-5-9(6-8-10)13(22)19-11-3-1-2-4-12(11)20-21-18/h1-8H,(H,19,22). The molecule has 0 aliphatic heterocycles. The number of para-hydroxylation sites is 1. The van der Waals surface area contributed by atoms with Crippen LogP contribution >= 0.6 is 0 Å².